The second kappa shape index (κ2) is 5.95. The maximum atomic E-state index is 11.2. The third-order valence-corrected chi connectivity index (χ3v) is 2.34. The van der Waals surface area contributed by atoms with Gasteiger partial charge in [0.05, 0.1) is 12.6 Å². The Morgan fingerprint density at radius 3 is 3.14 bits per heavy atom. The maximum absolute atomic E-state index is 11.2. The number of nitrogens with zero attached hydrogens (tertiary/aromatic N) is 1. The van der Waals surface area contributed by atoms with Crippen molar-refractivity contribution in [3.05, 3.63) is 0 Å². The van der Waals surface area contributed by atoms with Gasteiger partial charge in [-0.1, -0.05) is 0 Å². The molecule has 1 amide bonds. The summed E-state index contributed by atoms with van der Waals surface area (Å²) in [7, 11) is 1.65. The van der Waals surface area contributed by atoms with Gasteiger partial charge in [0.25, 0.3) is 0 Å². The first-order valence-corrected chi connectivity index (χ1v) is 5.01. The maximum Gasteiger partial charge on any atom is 0.233 e. The molecule has 1 rings (SSSR count). The molecule has 1 atom stereocenters. The number of likely N-dealkylation sites (N-methyl/N-ethyl adjacent to an activating group) is 1. The molecule has 1 unspecified atom stereocenters. The number of hydrogen-bond acceptors (Lipinski definition) is 4. The van der Waals surface area contributed by atoms with Crippen LogP contribution in [0.25, 0.3) is 0 Å². The normalized spacial score (nSPS) is 24.3. The molecule has 0 spiro atoms. The third-order valence-electron chi connectivity index (χ3n) is 2.34. The lowest BCUT2D eigenvalue weighted by atomic mass is 10.3. The Morgan fingerprint density at radius 2 is 2.50 bits per heavy atom. The van der Waals surface area contributed by atoms with Gasteiger partial charge >= 0.3 is 0 Å². The van der Waals surface area contributed by atoms with Crippen molar-refractivity contribution in [1.29, 1.82) is 0 Å². The highest BCUT2D eigenvalue weighted by atomic mass is 16.5. The first-order chi connectivity index (χ1) is 6.76. The van der Waals surface area contributed by atoms with Crippen molar-refractivity contribution < 1.29 is 9.53 Å². The molecule has 0 aliphatic carbocycles. The molecule has 14 heavy (non-hydrogen) atoms. The molecule has 0 bridgehead atoms. The molecular weight excluding hydrogens is 182 g/mol. The summed E-state index contributed by atoms with van der Waals surface area (Å²) in [5.74, 6) is 0.0441. The van der Waals surface area contributed by atoms with Crippen LogP contribution in [0.1, 0.15) is 6.42 Å². The van der Waals surface area contributed by atoms with Gasteiger partial charge in [-0.05, 0) is 6.42 Å². The van der Waals surface area contributed by atoms with E-state index >= 15 is 0 Å². The fourth-order valence-corrected chi connectivity index (χ4v) is 1.54. The summed E-state index contributed by atoms with van der Waals surface area (Å²) >= 11 is 0. The van der Waals surface area contributed by atoms with Gasteiger partial charge in [0, 0.05) is 33.3 Å². The topological polar surface area (TPSA) is 67.6 Å². The zero-order chi connectivity index (χ0) is 10.4. The second-order valence-electron chi connectivity index (χ2n) is 3.49. The van der Waals surface area contributed by atoms with Crippen LogP contribution in [0, 0.1) is 0 Å². The molecule has 0 aromatic rings. The fraction of sp³-hybridized carbons (Fsp3) is 0.889. The summed E-state index contributed by atoms with van der Waals surface area (Å²) in [6.45, 7) is 3.36. The lowest BCUT2D eigenvalue weighted by Crippen LogP contribution is -2.41. The Balaban J connectivity index is 2.38. The Labute approximate surface area is 84.6 Å². The van der Waals surface area contributed by atoms with E-state index in [9.17, 15) is 4.79 Å². The molecule has 82 valence electrons. The van der Waals surface area contributed by atoms with Gasteiger partial charge < -0.3 is 15.8 Å². The molecule has 1 saturated heterocycles. The van der Waals surface area contributed by atoms with E-state index in [1.54, 1.807) is 7.05 Å². The number of amides is 1. The summed E-state index contributed by atoms with van der Waals surface area (Å²) in [5, 5.41) is 2.61. The van der Waals surface area contributed by atoms with Crippen molar-refractivity contribution in [2.75, 3.05) is 39.8 Å². The van der Waals surface area contributed by atoms with Crippen LogP contribution in [0.2, 0.25) is 0 Å². The summed E-state index contributed by atoms with van der Waals surface area (Å²) in [6.07, 6.45) is 1.04. The number of nitrogens with two attached hydrogens (primary N) is 1. The number of carbonyl (C=O) groups excluding carboxylic acids is 1. The minimum absolute atomic E-state index is 0.0441. The largest absolute Gasteiger partial charge is 0.376 e. The number of nitrogens with one attached hydrogen (secondary N) is 1. The molecule has 5 nitrogen and oxygen atoms in total. The lowest BCUT2D eigenvalue weighted by Gasteiger charge is -2.21. The van der Waals surface area contributed by atoms with E-state index in [2.05, 4.69) is 10.2 Å². The number of ether oxygens (including phenoxy) is 1. The molecule has 5 heteroatoms. The first kappa shape index (κ1) is 11.4. The number of rotatable bonds is 3. The predicted octanol–water partition coefficient (Wildman–Crippen LogP) is -1.22. The van der Waals surface area contributed by atoms with Gasteiger partial charge in [-0.2, -0.15) is 0 Å². The van der Waals surface area contributed by atoms with Crippen molar-refractivity contribution >= 4 is 5.91 Å². The Bertz CT molecular complexity index is 187. The molecular formula is C9H19N3O2. The van der Waals surface area contributed by atoms with Crippen LogP contribution < -0.4 is 11.1 Å². The van der Waals surface area contributed by atoms with E-state index in [1.165, 1.54) is 0 Å². The van der Waals surface area contributed by atoms with Crippen LogP contribution in [-0.4, -0.2) is 56.7 Å². The van der Waals surface area contributed by atoms with Gasteiger partial charge in [-0.15, -0.1) is 0 Å². The SMILES string of the molecule is CNC(=O)CN1CCCOC(CN)C1. The fourth-order valence-electron chi connectivity index (χ4n) is 1.54. The molecule has 0 saturated carbocycles. The first-order valence-electron chi connectivity index (χ1n) is 5.01. The minimum Gasteiger partial charge on any atom is -0.376 e. The van der Waals surface area contributed by atoms with E-state index in [0.717, 1.165) is 26.1 Å². The van der Waals surface area contributed by atoms with Gasteiger partial charge in [-0.25, -0.2) is 0 Å². The van der Waals surface area contributed by atoms with Crippen LogP contribution in [0.5, 0.6) is 0 Å². The molecule has 1 fully saturated rings. The highest BCUT2D eigenvalue weighted by Gasteiger charge is 2.18. The zero-order valence-electron chi connectivity index (χ0n) is 8.66. The molecule has 3 N–H and O–H groups in total. The Morgan fingerprint density at radius 1 is 1.71 bits per heavy atom. The van der Waals surface area contributed by atoms with E-state index in [0.29, 0.717) is 13.1 Å². The molecule has 0 aromatic heterocycles. The van der Waals surface area contributed by atoms with Crippen molar-refractivity contribution in [3.63, 3.8) is 0 Å². The lowest BCUT2D eigenvalue weighted by molar-refractivity contribution is -0.121. The van der Waals surface area contributed by atoms with Crippen molar-refractivity contribution in [2.24, 2.45) is 5.73 Å². The molecule has 0 radical (unpaired) electrons. The number of hydrogen-bond donors (Lipinski definition) is 2. The molecule has 1 aliphatic heterocycles. The summed E-state index contributed by atoms with van der Waals surface area (Å²) in [6, 6.07) is 0. The Hall–Kier alpha value is -0.650. The second-order valence-corrected chi connectivity index (χ2v) is 3.49. The summed E-state index contributed by atoms with van der Waals surface area (Å²) in [5.41, 5.74) is 5.55. The van der Waals surface area contributed by atoms with Crippen LogP contribution in [-0.2, 0) is 9.53 Å². The van der Waals surface area contributed by atoms with Crippen LogP contribution in [0.15, 0.2) is 0 Å². The van der Waals surface area contributed by atoms with E-state index in [-0.39, 0.29) is 12.0 Å². The average molecular weight is 201 g/mol. The molecule has 1 heterocycles. The van der Waals surface area contributed by atoms with Crippen molar-refractivity contribution in [2.45, 2.75) is 12.5 Å². The van der Waals surface area contributed by atoms with Gasteiger partial charge in [-0.3, -0.25) is 9.69 Å². The van der Waals surface area contributed by atoms with Gasteiger partial charge in [0.2, 0.25) is 5.91 Å². The van der Waals surface area contributed by atoms with E-state index in [4.69, 9.17) is 10.5 Å². The van der Waals surface area contributed by atoms with Gasteiger partial charge in [0.15, 0.2) is 0 Å². The average Bonchev–Trinajstić information content (AvgIpc) is 2.42. The van der Waals surface area contributed by atoms with Crippen LogP contribution in [0.3, 0.4) is 0 Å². The van der Waals surface area contributed by atoms with E-state index < -0.39 is 0 Å². The van der Waals surface area contributed by atoms with Crippen LogP contribution >= 0.6 is 0 Å². The predicted molar refractivity (Wildman–Crippen MR) is 53.9 cm³/mol. The van der Waals surface area contributed by atoms with Crippen molar-refractivity contribution in [3.8, 4) is 0 Å². The van der Waals surface area contributed by atoms with Gasteiger partial charge in [0.1, 0.15) is 0 Å². The quantitative estimate of drug-likeness (QED) is 0.601. The number of carbonyl (C=O) groups is 1. The highest BCUT2D eigenvalue weighted by Crippen LogP contribution is 2.04. The monoisotopic (exact) mass is 201 g/mol. The molecule has 1 aliphatic rings. The minimum atomic E-state index is 0.0441. The summed E-state index contributed by atoms with van der Waals surface area (Å²) in [4.78, 5) is 13.2. The Kier molecular flexibility index (Phi) is 4.86. The smallest absolute Gasteiger partial charge is 0.233 e. The molecule has 0 aromatic carbocycles. The van der Waals surface area contributed by atoms with Crippen molar-refractivity contribution in [1.82, 2.24) is 10.2 Å². The summed E-state index contributed by atoms with van der Waals surface area (Å²) < 4.78 is 5.50. The zero-order valence-corrected chi connectivity index (χ0v) is 8.66. The standard InChI is InChI=1S/C9H19N3O2/c1-11-9(13)7-12-3-2-4-14-8(5-10)6-12/h8H,2-7,10H2,1H3,(H,11,13). The van der Waals surface area contributed by atoms with E-state index in [1.807, 2.05) is 0 Å². The third kappa shape index (κ3) is 3.61. The van der Waals surface area contributed by atoms with Crippen LogP contribution in [0.4, 0.5) is 0 Å². The highest BCUT2D eigenvalue weighted by molar-refractivity contribution is 5.77.